The minimum Gasteiger partial charge on any atom is -0.366 e. The minimum atomic E-state index is -0.258. The molecule has 3 heteroatoms. The van der Waals surface area contributed by atoms with Gasteiger partial charge in [0.25, 0.3) is 5.91 Å². The Labute approximate surface area is 78.4 Å². The predicted molar refractivity (Wildman–Crippen MR) is 49.3 cm³/mol. The van der Waals surface area contributed by atoms with Gasteiger partial charge in [-0.2, -0.15) is 0 Å². The number of fused-ring (bicyclic) bond motifs is 1. The summed E-state index contributed by atoms with van der Waals surface area (Å²) in [6, 6.07) is 0.355. The van der Waals surface area contributed by atoms with Gasteiger partial charge in [-0.15, -0.1) is 6.58 Å². The second-order valence-corrected chi connectivity index (χ2v) is 3.67. The smallest absolute Gasteiger partial charge is 0.252 e. The maximum absolute atomic E-state index is 11.8. The Hall–Kier alpha value is -0.830. The van der Waals surface area contributed by atoms with Gasteiger partial charge in [0, 0.05) is 13.0 Å². The summed E-state index contributed by atoms with van der Waals surface area (Å²) in [5.41, 5.74) is 0. The average Bonchev–Trinajstić information content (AvgIpc) is 2.58. The second kappa shape index (κ2) is 3.50. The van der Waals surface area contributed by atoms with Crippen molar-refractivity contribution in [2.45, 2.75) is 31.4 Å². The molecule has 2 heterocycles. The number of hydrogen-bond donors (Lipinski definition) is 0. The summed E-state index contributed by atoms with van der Waals surface area (Å²) in [7, 11) is 0. The molecule has 2 fully saturated rings. The lowest BCUT2D eigenvalue weighted by Crippen LogP contribution is -2.50. The highest BCUT2D eigenvalue weighted by atomic mass is 16.5. The molecule has 0 N–H and O–H groups in total. The molecule has 72 valence electrons. The molecule has 2 saturated heterocycles. The van der Waals surface area contributed by atoms with Gasteiger partial charge in [0.1, 0.15) is 6.10 Å². The van der Waals surface area contributed by atoms with Crippen molar-refractivity contribution in [1.82, 2.24) is 4.90 Å². The van der Waals surface area contributed by atoms with Crippen LogP contribution in [0.2, 0.25) is 0 Å². The van der Waals surface area contributed by atoms with Gasteiger partial charge in [-0.1, -0.05) is 6.08 Å². The van der Waals surface area contributed by atoms with Crippen LogP contribution in [0.4, 0.5) is 0 Å². The molecule has 0 unspecified atom stereocenters. The molecule has 0 aromatic rings. The van der Waals surface area contributed by atoms with E-state index in [0.717, 1.165) is 19.4 Å². The molecule has 2 aliphatic rings. The van der Waals surface area contributed by atoms with E-state index in [1.165, 1.54) is 0 Å². The first-order valence-corrected chi connectivity index (χ1v) is 4.86. The predicted octanol–water partition coefficient (Wildman–Crippen LogP) is 0.952. The van der Waals surface area contributed by atoms with E-state index in [2.05, 4.69) is 6.58 Å². The molecular formula is C10H15NO2. The quantitative estimate of drug-likeness (QED) is 0.594. The monoisotopic (exact) mass is 181 g/mol. The zero-order valence-corrected chi connectivity index (χ0v) is 7.74. The largest absolute Gasteiger partial charge is 0.366 e. The molecular weight excluding hydrogens is 166 g/mol. The highest BCUT2D eigenvalue weighted by molar-refractivity contribution is 5.82. The number of carbonyl (C=O) groups excluding carboxylic acids is 1. The van der Waals surface area contributed by atoms with E-state index >= 15 is 0 Å². The summed E-state index contributed by atoms with van der Waals surface area (Å²) in [5, 5.41) is 0. The first-order chi connectivity index (χ1) is 6.33. The van der Waals surface area contributed by atoms with Crippen LogP contribution in [0.1, 0.15) is 19.3 Å². The van der Waals surface area contributed by atoms with Crippen LogP contribution in [0.3, 0.4) is 0 Å². The van der Waals surface area contributed by atoms with Crippen molar-refractivity contribution in [3.8, 4) is 0 Å². The number of morpholine rings is 1. The summed E-state index contributed by atoms with van der Waals surface area (Å²) in [6.07, 6.45) is 4.36. The Balaban J connectivity index is 2.04. The van der Waals surface area contributed by atoms with Crippen LogP contribution in [0.15, 0.2) is 12.7 Å². The van der Waals surface area contributed by atoms with Crippen LogP contribution in [-0.2, 0) is 9.53 Å². The van der Waals surface area contributed by atoms with Gasteiger partial charge < -0.3 is 9.64 Å². The summed E-state index contributed by atoms with van der Waals surface area (Å²) in [5.74, 6) is 0.161. The third-order valence-electron chi connectivity index (χ3n) is 2.81. The molecule has 3 nitrogen and oxygen atoms in total. The number of ether oxygens (including phenoxy) is 1. The molecule has 0 bridgehead atoms. The highest BCUT2D eigenvalue weighted by Gasteiger charge is 2.37. The van der Waals surface area contributed by atoms with Gasteiger partial charge >= 0.3 is 0 Å². The topological polar surface area (TPSA) is 29.5 Å². The van der Waals surface area contributed by atoms with Gasteiger partial charge in [0.15, 0.2) is 0 Å². The van der Waals surface area contributed by atoms with Crippen LogP contribution in [0.25, 0.3) is 0 Å². The Morgan fingerprint density at radius 2 is 2.54 bits per heavy atom. The zero-order valence-electron chi connectivity index (χ0n) is 7.74. The molecule has 2 rings (SSSR count). The van der Waals surface area contributed by atoms with Crippen LogP contribution in [0, 0.1) is 0 Å². The molecule has 0 aliphatic carbocycles. The number of nitrogens with zero attached hydrogens (tertiary/aromatic N) is 1. The van der Waals surface area contributed by atoms with Crippen molar-refractivity contribution in [1.29, 1.82) is 0 Å². The van der Waals surface area contributed by atoms with Crippen LogP contribution < -0.4 is 0 Å². The fourth-order valence-corrected chi connectivity index (χ4v) is 2.10. The number of rotatable bonds is 2. The molecule has 1 amide bonds. The standard InChI is InChI=1S/C10H15NO2/c1-2-4-9-10(12)11-6-3-5-8(11)7-13-9/h2,8-9H,1,3-7H2/t8-,9+/m0/s1. The Morgan fingerprint density at radius 3 is 3.31 bits per heavy atom. The van der Waals surface area contributed by atoms with Crippen molar-refractivity contribution in [2.75, 3.05) is 13.2 Å². The van der Waals surface area contributed by atoms with E-state index in [1.54, 1.807) is 6.08 Å². The Bertz CT molecular complexity index is 227. The van der Waals surface area contributed by atoms with Gasteiger partial charge in [-0.25, -0.2) is 0 Å². The maximum atomic E-state index is 11.8. The highest BCUT2D eigenvalue weighted by Crippen LogP contribution is 2.24. The molecule has 0 saturated carbocycles. The first kappa shape index (κ1) is 8.75. The lowest BCUT2D eigenvalue weighted by molar-refractivity contribution is -0.155. The SMILES string of the molecule is C=CC[C@H]1OC[C@@H]2CCCN2C1=O. The van der Waals surface area contributed by atoms with Crippen molar-refractivity contribution in [2.24, 2.45) is 0 Å². The van der Waals surface area contributed by atoms with E-state index in [4.69, 9.17) is 4.74 Å². The fraction of sp³-hybridized carbons (Fsp3) is 0.700. The Morgan fingerprint density at radius 1 is 1.69 bits per heavy atom. The van der Waals surface area contributed by atoms with Crippen LogP contribution >= 0.6 is 0 Å². The maximum Gasteiger partial charge on any atom is 0.252 e. The summed E-state index contributed by atoms with van der Waals surface area (Å²) >= 11 is 0. The van der Waals surface area contributed by atoms with Crippen molar-refractivity contribution in [3.63, 3.8) is 0 Å². The molecule has 0 radical (unpaired) electrons. The third-order valence-corrected chi connectivity index (χ3v) is 2.81. The van der Waals surface area contributed by atoms with Crippen LogP contribution in [-0.4, -0.2) is 36.1 Å². The van der Waals surface area contributed by atoms with E-state index in [0.29, 0.717) is 19.1 Å². The molecule has 2 aliphatic heterocycles. The second-order valence-electron chi connectivity index (χ2n) is 3.67. The molecule has 13 heavy (non-hydrogen) atoms. The van der Waals surface area contributed by atoms with E-state index in [-0.39, 0.29) is 12.0 Å². The van der Waals surface area contributed by atoms with Crippen molar-refractivity contribution in [3.05, 3.63) is 12.7 Å². The molecule has 2 atom stereocenters. The van der Waals surface area contributed by atoms with Crippen molar-refractivity contribution >= 4 is 5.91 Å². The van der Waals surface area contributed by atoms with E-state index in [9.17, 15) is 4.79 Å². The zero-order chi connectivity index (χ0) is 9.26. The molecule has 0 aromatic carbocycles. The van der Waals surface area contributed by atoms with Gasteiger partial charge in [0.2, 0.25) is 0 Å². The molecule has 0 spiro atoms. The summed E-state index contributed by atoms with van der Waals surface area (Å²) in [4.78, 5) is 13.7. The fourth-order valence-electron chi connectivity index (χ4n) is 2.10. The summed E-state index contributed by atoms with van der Waals surface area (Å²) < 4.78 is 5.48. The van der Waals surface area contributed by atoms with Gasteiger partial charge in [-0.05, 0) is 12.8 Å². The van der Waals surface area contributed by atoms with Gasteiger partial charge in [-0.3, -0.25) is 4.79 Å². The number of hydrogen-bond acceptors (Lipinski definition) is 2. The average molecular weight is 181 g/mol. The minimum absolute atomic E-state index is 0.161. The first-order valence-electron chi connectivity index (χ1n) is 4.86. The summed E-state index contributed by atoms with van der Waals surface area (Å²) in [6.45, 7) is 5.25. The number of carbonyl (C=O) groups is 1. The van der Waals surface area contributed by atoms with Gasteiger partial charge in [0.05, 0.1) is 12.6 Å². The van der Waals surface area contributed by atoms with Crippen LogP contribution in [0.5, 0.6) is 0 Å². The van der Waals surface area contributed by atoms with Crippen molar-refractivity contribution < 1.29 is 9.53 Å². The van der Waals surface area contributed by atoms with E-state index < -0.39 is 0 Å². The lowest BCUT2D eigenvalue weighted by atomic mass is 10.1. The third kappa shape index (κ3) is 1.48. The molecule has 0 aromatic heterocycles. The number of amides is 1. The lowest BCUT2D eigenvalue weighted by Gasteiger charge is -2.34. The Kier molecular flexibility index (Phi) is 2.36. The van der Waals surface area contributed by atoms with E-state index in [1.807, 2.05) is 4.90 Å². The normalized spacial score (nSPS) is 33.2.